The number of carbonyl (C=O) groups is 1. The zero-order valence-corrected chi connectivity index (χ0v) is 11.6. The van der Waals surface area contributed by atoms with Crippen molar-refractivity contribution in [2.45, 2.75) is 6.42 Å². The predicted octanol–water partition coefficient (Wildman–Crippen LogP) is 3.38. The molecule has 0 atom stereocenters. The van der Waals surface area contributed by atoms with E-state index in [9.17, 15) is 13.6 Å². The molecule has 3 rings (SSSR count). The van der Waals surface area contributed by atoms with Gasteiger partial charge in [0.1, 0.15) is 0 Å². The standard InChI is InChI=1S/C16H13F2NO3/c17-12-4-3-11(9-13(12)18)19-16(20)10-2-5-14-15(8-10)22-7-1-6-21-14/h2-5,8-9H,1,6-7H2,(H,19,20). The van der Waals surface area contributed by atoms with Gasteiger partial charge in [0.05, 0.1) is 13.2 Å². The number of carbonyl (C=O) groups excluding carboxylic acids is 1. The molecule has 6 heteroatoms. The molecule has 1 N–H and O–H groups in total. The van der Waals surface area contributed by atoms with Crippen LogP contribution >= 0.6 is 0 Å². The van der Waals surface area contributed by atoms with E-state index in [2.05, 4.69) is 5.32 Å². The third kappa shape index (κ3) is 3.00. The van der Waals surface area contributed by atoms with Gasteiger partial charge in [-0.1, -0.05) is 0 Å². The molecule has 2 aromatic rings. The van der Waals surface area contributed by atoms with E-state index in [-0.39, 0.29) is 5.69 Å². The Morgan fingerprint density at radius 1 is 0.955 bits per heavy atom. The van der Waals surface area contributed by atoms with Crippen molar-refractivity contribution in [2.24, 2.45) is 0 Å². The van der Waals surface area contributed by atoms with E-state index >= 15 is 0 Å². The number of anilines is 1. The van der Waals surface area contributed by atoms with Crippen LogP contribution in [0, 0.1) is 11.6 Å². The van der Waals surface area contributed by atoms with Crippen LogP contribution in [-0.2, 0) is 0 Å². The van der Waals surface area contributed by atoms with Crippen molar-refractivity contribution in [1.82, 2.24) is 0 Å². The van der Waals surface area contributed by atoms with Crippen molar-refractivity contribution in [2.75, 3.05) is 18.5 Å². The van der Waals surface area contributed by atoms with Crippen molar-refractivity contribution in [3.63, 3.8) is 0 Å². The lowest BCUT2D eigenvalue weighted by atomic mass is 10.2. The summed E-state index contributed by atoms with van der Waals surface area (Å²) >= 11 is 0. The minimum atomic E-state index is -1.02. The number of amides is 1. The lowest BCUT2D eigenvalue weighted by molar-refractivity contribution is 0.102. The quantitative estimate of drug-likeness (QED) is 0.925. The number of benzene rings is 2. The molecular weight excluding hydrogens is 292 g/mol. The Kier molecular flexibility index (Phi) is 3.91. The van der Waals surface area contributed by atoms with E-state index in [0.717, 1.165) is 18.6 Å². The second kappa shape index (κ2) is 6.01. The molecule has 114 valence electrons. The molecule has 0 radical (unpaired) electrons. The highest BCUT2D eigenvalue weighted by atomic mass is 19.2. The Labute approximate surface area is 125 Å². The van der Waals surface area contributed by atoms with Gasteiger partial charge >= 0.3 is 0 Å². The monoisotopic (exact) mass is 305 g/mol. The predicted molar refractivity (Wildman–Crippen MR) is 76.4 cm³/mol. The first-order valence-electron chi connectivity index (χ1n) is 6.79. The summed E-state index contributed by atoms with van der Waals surface area (Å²) < 4.78 is 37.0. The smallest absolute Gasteiger partial charge is 0.255 e. The van der Waals surface area contributed by atoms with Gasteiger partial charge in [0.2, 0.25) is 0 Å². The number of rotatable bonds is 2. The highest BCUT2D eigenvalue weighted by Crippen LogP contribution is 2.30. The number of halogens is 2. The first-order chi connectivity index (χ1) is 10.6. The highest BCUT2D eigenvalue weighted by molar-refractivity contribution is 6.04. The van der Waals surface area contributed by atoms with Crippen LogP contribution in [0.2, 0.25) is 0 Å². The van der Waals surface area contributed by atoms with Gasteiger partial charge in [0, 0.05) is 23.7 Å². The molecule has 0 bridgehead atoms. The fraction of sp³-hybridized carbons (Fsp3) is 0.188. The molecular formula is C16H13F2NO3. The molecule has 1 aliphatic heterocycles. The van der Waals surface area contributed by atoms with E-state index < -0.39 is 17.5 Å². The number of ether oxygens (including phenoxy) is 2. The van der Waals surface area contributed by atoms with Crippen LogP contribution in [0.4, 0.5) is 14.5 Å². The van der Waals surface area contributed by atoms with Gasteiger partial charge < -0.3 is 14.8 Å². The van der Waals surface area contributed by atoms with E-state index in [4.69, 9.17) is 9.47 Å². The van der Waals surface area contributed by atoms with E-state index in [0.29, 0.717) is 30.3 Å². The van der Waals surface area contributed by atoms with Crippen LogP contribution in [0.1, 0.15) is 16.8 Å². The lowest BCUT2D eigenvalue weighted by Crippen LogP contribution is -2.12. The fourth-order valence-corrected chi connectivity index (χ4v) is 2.08. The van der Waals surface area contributed by atoms with E-state index in [1.165, 1.54) is 6.07 Å². The van der Waals surface area contributed by atoms with E-state index in [1.807, 2.05) is 0 Å². The number of fused-ring (bicyclic) bond motifs is 1. The Balaban J connectivity index is 1.80. The Bertz CT molecular complexity index is 719. The number of hydrogen-bond donors (Lipinski definition) is 1. The Hall–Kier alpha value is -2.63. The summed E-state index contributed by atoms with van der Waals surface area (Å²) in [6.07, 6.45) is 0.769. The van der Waals surface area contributed by atoms with Gasteiger partial charge in [-0.05, 0) is 30.3 Å². The molecule has 0 saturated carbocycles. The first kappa shape index (κ1) is 14.3. The SMILES string of the molecule is O=C(Nc1ccc(F)c(F)c1)c1ccc2c(c1)OCCCO2. The molecule has 22 heavy (non-hydrogen) atoms. The maximum absolute atomic E-state index is 13.1. The van der Waals surface area contributed by atoms with Gasteiger partial charge in [0.15, 0.2) is 23.1 Å². The van der Waals surface area contributed by atoms with Crippen LogP contribution in [0.3, 0.4) is 0 Å². The lowest BCUT2D eigenvalue weighted by Gasteiger charge is -2.10. The molecule has 2 aromatic carbocycles. The molecule has 4 nitrogen and oxygen atoms in total. The Morgan fingerprint density at radius 3 is 2.50 bits per heavy atom. The van der Waals surface area contributed by atoms with E-state index in [1.54, 1.807) is 18.2 Å². The minimum Gasteiger partial charge on any atom is -0.490 e. The molecule has 0 aliphatic carbocycles. The normalized spacial score (nSPS) is 13.4. The Morgan fingerprint density at radius 2 is 1.73 bits per heavy atom. The minimum absolute atomic E-state index is 0.177. The van der Waals surface area contributed by atoms with Crippen molar-refractivity contribution >= 4 is 11.6 Å². The van der Waals surface area contributed by atoms with Crippen molar-refractivity contribution in [3.05, 3.63) is 53.6 Å². The molecule has 0 fully saturated rings. The maximum atomic E-state index is 13.1. The molecule has 0 unspecified atom stereocenters. The summed E-state index contributed by atoms with van der Waals surface area (Å²) in [6.45, 7) is 1.08. The van der Waals surface area contributed by atoms with Gasteiger partial charge in [-0.25, -0.2) is 8.78 Å². The number of nitrogens with one attached hydrogen (secondary N) is 1. The van der Waals surface area contributed by atoms with Crippen LogP contribution in [0.15, 0.2) is 36.4 Å². The maximum Gasteiger partial charge on any atom is 0.255 e. The van der Waals surface area contributed by atoms with Crippen molar-refractivity contribution in [1.29, 1.82) is 0 Å². The summed E-state index contributed by atoms with van der Waals surface area (Å²) in [4.78, 5) is 12.2. The average Bonchev–Trinajstić information content (AvgIpc) is 2.75. The van der Waals surface area contributed by atoms with Gasteiger partial charge in [-0.3, -0.25) is 4.79 Å². The third-order valence-electron chi connectivity index (χ3n) is 3.19. The fourth-order valence-electron chi connectivity index (χ4n) is 2.08. The van der Waals surface area contributed by atoms with Crippen LogP contribution in [0.5, 0.6) is 11.5 Å². The summed E-state index contributed by atoms with van der Waals surface area (Å²) in [5.74, 6) is -1.34. The molecule has 1 heterocycles. The van der Waals surface area contributed by atoms with Crippen molar-refractivity contribution < 1.29 is 23.0 Å². The third-order valence-corrected chi connectivity index (χ3v) is 3.19. The van der Waals surface area contributed by atoms with Gasteiger partial charge in [-0.2, -0.15) is 0 Å². The number of hydrogen-bond acceptors (Lipinski definition) is 3. The topological polar surface area (TPSA) is 47.6 Å². The second-order valence-corrected chi connectivity index (χ2v) is 4.80. The zero-order chi connectivity index (χ0) is 15.5. The average molecular weight is 305 g/mol. The largest absolute Gasteiger partial charge is 0.490 e. The molecule has 1 amide bonds. The molecule has 1 aliphatic rings. The zero-order valence-electron chi connectivity index (χ0n) is 11.6. The summed E-state index contributed by atoms with van der Waals surface area (Å²) in [5, 5.41) is 2.51. The van der Waals surface area contributed by atoms with Crippen LogP contribution < -0.4 is 14.8 Å². The van der Waals surface area contributed by atoms with Crippen LogP contribution in [0.25, 0.3) is 0 Å². The molecule has 0 saturated heterocycles. The second-order valence-electron chi connectivity index (χ2n) is 4.80. The molecule has 0 spiro atoms. The summed E-state index contributed by atoms with van der Waals surface area (Å²) in [6, 6.07) is 7.98. The first-order valence-corrected chi connectivity index (χ1v) is 6.79. The van der Waals surface area contributed by atoms with Gasteiger partial charge in [-0.15, -0.1) is 0 Å². The van der Waals surface area contributed by atoms with Crippen LogP contribution in [-0.4, -0.2) is 19.1 Å². The summed E-state index contributed by atoms with van der Waals surface area (Å²) in [7, 11) is 0. The highest BCUT2D eigenvalue weighted by Gasteiger charge is 2.14. The van der Waals surface area contributed by atoms with Gasteiger partial charge in [0.25, 0.3) is 5.91 Å². The summed E-state index contributed by atoms with van der Waals surface area (Å²) in [5.41, 5.74) is 0.519. The molecule has 0 aromatic heterocycles. The van der Waals surface area contributed by atoms with Crippen molar-refractivity contribution in [3.8, 4) is 11.5 Å².